The number of rotatable bonds is 4. The van der Waals surface area contributed by atoms with Crippen molar-refractivity contribution in [2.24, 2.45) is 0 Å². The summed E-state index contributed by atoms with van der Waals surface area (Å²) in [6.07, 6.45) is 7.05. The molecule has 1 aromatic heterocycles. The van der Waals surface area contributed by atoms with Crippen molar-refractivity contribution >= 4 is 11.8 Å². The van der Waals surface area contributed by atoms with Crippen LogP contribution in [0.3, 0.4) is 0 Å². The van der Waals surface area contributed by atoms with Crippen molar-refractivity contribution in [3.05, 3.63) is 53.3 Å². The predicted molar refractivity (Wildman–Crippen MR) is 102 cm³/mol. The smallest absolute Gasteiger partial charge is 0.257 e. The number of hydrogen-bond acceptors (Lipinski definition) is 3. The number of carbonyl (C=O) groups is 2. The van der Waals surface area contributed by atoms with E-state index in [4.69, 9.17) is 0 Å². The quantitative estimate of drug-likeness (QED) is 0.904. The van der Waals surface area contributed by atoms with Gasteiger partial charge in [-0.15, -0.1) is 0 Å². The van der Waals surface area contributed by atoms with Gasteiger partial charge >= 0.3 is 0 Å². The van der Waals surface area contributed by atoms with E-state index in [9.17, 15) is 9.59 Å². The third-order valence-electron chi connectivity index (χ3n) is 5.65. The number of benzene rings is 1. The van der Waals surface area contributed by atoms with Crippen LogP contribution in [0.2, 0.25) is 0 Å². The summed E-state index contributed by atoms with van der Waals surface area (Å²) < 4.78 is 0. The lowest BCUT2D eigenvalue weighted by Crippen LogP contribution is -2.40. The van der Waals surface area contributed by atoms with Crippen LogP contribution in [-0.4, -0.2) is 51.4 Å². The Morgan fingerprint density at radius 3 is 2.56 bits per heavy atom. The van der Waals surface area contributed by atoms with Gasteiger partial charge in [-0.05, 0) is 37.7 Å². The van der Waals surface area contributed by atoms with Gasteiger partial charge in [-0.25, -0.2) is 0 Å². The Labute approximate surface area is 159 Å². The average Bonchev–Trinajstić information content (AvgIpc) is 3.40. The number of aromatic nitrogens is 2. The number of likely N-dealkylation sites (tertiary alicyclic amines) is 2. The Hall–Kier alpha value is -2.63. The maximum absolute atomic E-state index is 13.0. The summed E-state index contributed by atoms with van der Waals surface area (Å²) in [4.78, 5) is 29.7. The van der Waals surface area contributed by atoms with E-state index in [-0.39, 0.29) is 17.9 Å². The highest BCUT2D eigenvalue weighted by Gasteiger charge is 2.33. The summed E-state index contributed by atoms with van der Waals surface area (Å²) in [5.74, 6) is 0.150. The molecule has 2 saturated heterocycles. The monoisotopic (exact) mass is 366 g/mol. The van der Waals surface area contributed by atoms with Crippen LogP contribution in [0.1, 0.15) is 59.8 Å². The van der Waals surface area contributed by atoms with Gasteiger partial charge in [0.1, 0.15) is 0 Å². The van der Waals surface area contributed by atoms with Gasteiger partial charge in [0, 0.05) is 19.6 Å². The van der Waals surface area contributed by atoms with E-state index in [0.717, 1.165) is 63.0 Å². The summed E-state index contributed by atoms with van der Waals surface area (Å²) in [5.41, 5.74) is 2.44. The van der Waals surface area contributed by atoms with Crippen LogP contribution < -0.4 is 0 Å². The zero-order chi connectivity index (χ0) is 18.6. The van der Waals surface area contributed by atoms with Crippen LogP contribution in [0, 0.1) is 0 Å². The maximum Gasteiger partial charge on any atom is 0.257 e. The molecule has 0 aliphatic carbocycles. The standard InChI is InChI=1S/C21H26N4O2/c26-19(14-16-8-2-1-3-9-16)25-13-5-4-10-18(25)20-17(15-22-23-20)21(27)24-11-6-7-12-24/h1-3,8-9,15,18H,4-7,10-14H2,(H,22,23). The molecule has 2 aliphatic heterocycles. The molecule has 3 heterocycles. The number of piperidine rings is 1. The lowest BCUT2D eigenvalue weighted by molar-refractivity contribution is -0.134. The molecule has 1 N–H and O–H groups in total. The summed E-state index contributed by atoms with van der Waals surface area (Å²) in [6.45, 7) is 2.35. The summed E-state index contributed by atoms with van der Waals surface area (Å²) in [5, 5.41) is 7.19. The fraction of sp³-hybridized carbons (Fsp3) is 0.476. The molecule has 2 aliphatic rings. The van der Waals surface area contributed by atoms with E-state index in [1.54, 1.807) is 6.20 Å². The van der Waals surface area contributed by atoms with Gasteiger partial charge in [-0.1, -0.05) is 30.3 Å². The van der Waals surface area contributed by atoms with E-state index >= 15 is 0 Å². The van der Waals surface area contributed by atoms with Crippen molar-refractivity contribution in [3.8, 4) is 0 Å². The van der Waals surface area contributed by atoms with Gasteiger partial charge in [0.2, 0.25) is 5.91 Å². The molecule has 27 heavy (non-hydrogen) atoms. The van der Waals surface area contributed by atoms with Gasteiger partial charge in [-0.3, -0.25) is 14.7 Å². The van der Waals surface area contributed by atoms with Crippen molar-refractivity contribution in [3.63, 3.8) is 0 Å². The molecule has 6 nitrogen and oxygen atoms in total. The van der Waals surface area contributed by atoms with Gasteiger partial charge < -0.3 is 9.80 Å². The van der Waals surface area contributed by atoms with Crippen LogP contribution in [0.25, 0.3) is 0 Å². The lowest BCUT2D eigenvalue weighted by Gasteiger charge is -2.36. The van der Waals surface area contributed by atoms with Crippen LogP contribution in [-0.2, 0) is 11.2 Å². The van der Waals surface area contributed by atoms with Crippen molar-refractivity contribution in [2.45, 2.75) is 44.6 Å². The third-order valence-corrected chi connectivity index (χ3v) is 5.65. The first kappa shape index (κ1) is 17.8. The second-order valence-corrected chi connectivity index (χ2v) is 7.46. The molecule has 2 aromatic rings. The van der Waals surface area contributed by atoms with Gasteiger partial charge in [0.25, 0.3) is 5.91 Å². The van der Waals surface area contributed by atoms with Crippen LogP contribution in [0.15, 0.2) is 36.5 Å². The summed E-state index contributed by atoms with van der Waals surface area (Å²) in [6, 6.07) is 9.73. The molecule has 2 fully saturated rings. The average molecular weight is 366 g/mol. The Balaban J connectivity index is 1.55. The zero-order valence-corrected chi connectivity index (χ0v) is 15.6. The van der Waals surface area contributed by atoms with Crippen molar-refractivity contribution in [1.82, 2.24) is 20.0 Å². The van der Waals surface area contributed by atoms with Crippen LogP contribution in [0.5, 0.6) is 0 Å². The van der Waals surface area contributed by atoms with E-state index in [2.05, 4.69) is 10.2 Å². The number of nitrogens with one attached hydrogen (secondary N) is 1. The molecule has 0 radical (unpaired) electrons. The molecule has 6 heteroatoms. The highest BCUT2D eigenvalue weighted by atomic mass is 16.2. The molecule has 1 unspecified atom stereocenters. The molecular weight excluding hydrogens is 340 g/mol. The van der Waals surface area contributed by atoms with Crippen molar-refractivity contribution < 1.29 is 9.59 Å². The van der Waals surface area contributed by atoms with Crippen LogP contribution in [0.4, 0.5) is 0 Å². The Bertz CT molecular complexity index is 796. The molecule has 0 bridgehead atoms. The number of amides is 2. The molecule has 142 valence electrons. The molecule has 0 saturated carbocycles. The molecule has 4 rings (SSSR count). The zero-order valence-electron chi connectivity index (χ0n) is 15.6. The van der Waals surface area contributed by atoms with E-state index in [1.165, 1.54) is 0 Å². The predicted octanol–water partition coefficient (Wildman–Crippen LogP) is 2.94. The number of hydrogen-bond donors (Lipinski definition) is 1. The minimum absolute atomic E-state index is 0.0391. The third kappa shape index (κ3) is 3.75. The fourth-order valence-corrected chi connectivity index (χ4v) is 4.21. The molecule has 2 amide bonds. The first-order valence-corrected chi connectivity index (χ1v) is 9.90. The number of aromatic amines is 1. The van der Waals surface area contributed by atoms with Gasteiger partial charge in [-0.2, -0.15) is 5.10 Å². The first-order valence-electron chi connectivity index (χ1n) is 9.90. The molecule has 1 aromatic carbocycles. The molecular formula is C21H26N4O2. The number of nitrogens with zero attached hydrogens (tertiary/aromatic N) is 3. The Kier molecular flexibility index (Phi) is 5.23. The topological polar surface area (TPSA) is 69.3 Å². The Morgan fingerprint density at radius 2 is 1.78 bits per heavy atom. The molecule has 0 spiro atoms. The summed E-state index contributed by atoms with van der Waals surface area (Å²) in [7, 11) is 0. The van der Waals surface area contributed by atoms with Crippen molar-refractivity contribution in [1.29, 1.82) is 0 Å². The minimum atomic E-state index is -0.0981. The highest BCUT2D eigenvalue weighted by Crippen LogP contribution is 2.33. The summed E-state index contributed by atoms with van der Waals surface area (Å²) >= 11 is 0. The highest BCUT2D eigenvalue weighted by molar-refractivity contribution is 5.95. The first-order chi connectivity index (χ1) is 13.2. The van der Waals surface area contributed by atoms with Crippen molar-refractivity contribution in [2.75, 3.05) is 19.6 Å². The maximum atomic E-state index is 13.0. The lowest BCUT2D eigenvalue weighted by atomic mass is 9.95. The minimum Gasteiger partial charge on any atom is -0.339 e. The number of H-pyrrole nitrogens is 1. The van der Waals surface area contributed by atoms with Gasteiger partial charge in [0.15, 0.2) is 0 Å². The Morgan fingerprint density at radius 1 is 1.04 bits per heavy atom. The number of carbonyl (C=O) groups excluding carboxylic acids is 2. The fourth-order valence-electron chi connectivity index (χ4n) is 4.21. The van der Waals surface area contributed by atoms with E-state index in [1.807, 2.05) is 40.1 Å². The van der Waals surface area contributed by atoms with E-state index < -0.39 is 0 Å². The second-order valence-electron chi connectivity index (χ2n) is 7.46. The van der Waals surface area contributed by atoms with Gasteiger partial charge in [0.05, 0.1) is 29.9 Å². The second kappa shape index (κ2) is 7.94. The normalized spacial score (nSPS) is 20.1. The van der Waals surface area contributed by atoms with E-state index in [0.29, 0.717) is 12.0 Å². The van der Waals surface area contributed by atoms with Crippen LogP contribution >= 0.6 is 0 Å². The molecule has 1 atom stereocenters. The largest absolute Gasteiger partial charge is 0.339 e. The SMILES string of the molecule is O=C(c1cn[nH]c1C1CCCCN1C(=O)Cc1ccccc1)N1CCCC1.